The minimum absolute atomic E-state index is 0.0511. The fourth-order valence-electron chi connectivity index (χ4n) is 1.72. The molecule has 0 saturated carbocycles. The van der Waals surface area contributed by atoms with Gasteiger partial charge in [-0.1, -0.05) is 0 Å². The summed E-state index contributed by atoms with van der Waals surface area (Å²) in [6, 6.07) is 9.99. The molecule has 8 heteroatoms. The van der Waals surface area contributed by atoms with Gasteiger partial charge in [-0.05, 0) is 24.3 Å². The summed E-state index contributed by atoms with van der Waals surface area (Å²) in [7, 11) is 1.42. The molecule has 0 radical (unpaired) electrons. The van der Waals surface area contributed by atoms with E-state index in [1.54, 1.807) is 6.07 Å². The van der Waals surface area contributed by atoms with Crippen LogP contribution in [0.3, 0.4) is 0 Å². The molecule has 21 heavy (non-hydrogen) atoms. The molecule has 0 amide bonds. The van der Waals surface area contributed by atoms with Crippen LogP contribution in [0.4, 0.5) is 22.7 Å². The zero-order chi connectivity index (χ0) is 15.4. The average molecular weight is 289 g/mol. The van der Waals surface area contributed by atoms with Crippen molar-refractivity contribution in [1.29, 1.82) is 0 Å². The highest BCUT2D eigenvalue weighted by atomic mass is 16.6. The van der Waals surface area contributed by atoms with Crippen molar-refractivity contribution in [1.82, 2.24) is 0 Å². The van der Waals surface area contributed by atoms with E-state index in [4.69, 9.17) is 4.74 Å². The smallest absolute Gasteiger partial charge is 0.296 e. The molecule has 108 valence electrons. The third-order valence-corrected chi connectivity index (χ3v) is 2.76. The zero-order valence-electron chi connectivity index (χ0n) is 11.0. The number of nitrogens with zero attached hydrogens (tertiary/aromatic N) is 2. The first-order chi connectivity index (χ1) is 10.0. The van der Waals surface area contributed by atoms with E-state index in [0.29, 0.717) is 11.4 Å². The molecule has 0 aromatic heterocycles. The molecule has 0 aliphatic carbocycles. The van der Waals surface area contributed by atoms with Crippen molar-refractivity contribution >= 4 is 22.7 Å². The van der Waals surface area contributed by atoms with Gasteiger partial charge in [-0.2, -0.15) is 0 Å². The van der Waals surface area contributed by atoms with Crippen LogP contribution in [0.5, 0.6) is 5.75 Å². The summed E-state index contributed by atoms with van der Waals surface area (Å²) >= 11 is 0. The average Bonchev–Trinajstić information content (AvgIpc) is 2.48. The number of nitro benzene ring substituents is 2. The van der Waals surface area contributed by atoms with Crippen LogP contribution >= 0.6 is 0 Å². The predicted octanol–water partition coefficient (Wildman–Crippen LogP) is 3.26. The molecule has 2 aromatic carbocycles. The quantitative estimate of drug-likeness (QED) is 0.668. The lowest BCUT2D eigenvalue weighted by atomic mass is 10.2. The molecule has 0 aliphatic heterocycles. The van der Waals surface area contributed by atoms with Crippen LogP contribution in [0.15, 0.2) is 42.5 Å². The summed E-state index contributed by atoms with van der Waals surface area (Å²) < 4.78 is 4.95. The number of hydrogen-bond acceptors (Lipinski definition) is 6. The summed E-state index contributed by atoms with van der Waals surface area (Å²) in [6.07, 6.45) is 0. The number of anilines is 2. The first kappa shape index (κ1) is 14.3. The van der Waals surface area contributed by atoms with E-state index >= 15 is 0 Å². The first-order valence-corrected chi connectivity index (χ1v) is 5.85. The van der Waals surface area contributed by atoms with Gasteiger partial charge in [0.2, 0.25) is 0 Å². The minimum atomic E-state index is -0.532. The summed E-state index contributed by atoms with van der Waals surface area (Å²) in [6.45, 7) is 0. The van der Waals surface area contributed by atoms with Crippen molar-refractivity contribution in [2.75, 3.05) is 12.4 Å². The summed E-state index contributed by atoms with van der Waals surface area (Å²) in [5.74, 6) is 0.371. The molecule has 0 saturated heterocycles. The van der Waals surface area contributed by atoms with Gasteiger partial charge in [-0.15, -0.1) is 0 Å². The van der Waals surface area contributed by atoms with E-state index in [1.165, 1.54) is 43.5 Å². The van der Waals surface area contributed by atoms with Gasteiger partial charge in [0.15, 0.2) is 0 Å². The van der Waals surface area contributed by atoms with Crippen molar-refractivity contribution in [2.45, 2.75) is 0 Å². The van der Waals surface area contributed by atoms with E-state index in [0.717, 1.165) is 0 Å². The maximum atomic E-state index is 11.0. The molecular formula is C13H11N3O5. The van der Waals surface area contributed by atoms with Gasteiger partial charge < -0.3 is 10.1 Å². The van der Waals surface area contributed by atoms with Crippen LogP contribution in [-0.2, 0) is 0 Å². The number of ether oxygens (including phenoxy) is 1. The fraction of sp³-hybridized carbons (Fsp3) is 0.0769. The predicted molar refractivity (Wildman–Crippen MR) is 76.0 cm³/mol. The van der Waals surface area contributed by atoms with E-state index < -0.39 is 9.85 Å². The molecule has 0 heterocycles. The Bertz CT molecular complexity index is 685. The lowest BCUT2D eigenvalue weighted by Crippen LogP contribution is -1.98. The SMILES string of the molecule is COc1ccc(Nc2ccc([N+](=O)[O-])cc2)c([N+](=O)[O-])c1. The highest BCUT2D eigenvalue weighted by Gasteiger charge is 2.15. The van der Waals surface area contributed by atoms with Crippen molar-refractivity contribution in [3.05, 3.63) is 62.7 Å². The Morgan fingerprint density at radius 2 is 1.67 bits per heavy atom. The molecule has 0 atom stereocenters. The Labute approximate surface area is 119 Å². The van der Waals surface area contributed by atoms with E-state index in [9.17, 15) is 20.2 Å². The van der Waals surface area contributed by atoms with Crippen molar-refractivity contribution in [2.24, 2.45) is 0 Å². The van der Waals surface area contributed by atoms with Gasteiger partial charge in [0.1, 0.15) is 11.4 Å². The zero-order valence-corrected chi connectivity index (χ0v) is 11.0. The monoisotopic (exact) mass is 289 g/mol. The summed E-state index contributed by atoms with van der Waals surface area (Å²) in [5, 5.41) is 24.5. The van der Waals surface area contributed by atoms with Crippen LogP contribution in [0.1, 0.15) is 0 Å². The van der Waals surface area contributed by atoms with E-state index in [1.807, 2.05) is 0 Å². The van der Waals surface area contributed by atoms with Crippen LogP contribution in [0.25, 0.3) is 0 Å². The van der Waals surface area contributed by atoms with E-state index in [2.05, 4.69) is 5.32 Å². The maximum Gasteiger partial charge on any atom is 0.296 e. The maximum absolute atomic E-state index is 11.0. The van der Waals surface area contributed by atoms with Gasteiger partial charge in [0.05, 0.1) is 23.0 Å². The Morgan fingerprint density at radius 1 is 1.00 bits per heavy atom. The van der Waals surface area contributed by atoms with Crippen LogP contribution < -0.4 is 10.1 Å². The Balaban J connectivity index is 2.30. The molecule has 8 nitrogen and oxygen atoms in total. The summed E-state index contributed by atoms with van der Waals surface area (Å²) in [5.41, 5.74) is 0.584. The molecular weight excluding hydrogens is 278 g/mol. The van der Waals surface area contributed by atoms with Crippen LogP contribution in [0, 0.1) is 20.2 Å². The Kier molecular flexibility index (Phi) is 3.98. The second-order valence-corrected chi connectivity index (χ2v) is 4.07. The number of nitrogens with one attached hydrogen (secondary N) is 1. The molecule has 0 aliphatic rings. The number of benzene rings is 2. The standard InChI is InChI=1S/C13H11N3O5/c1-21-11-6-7-12(13(8-11)16(19)20)14-9-2-4-10(5-3-9)15(17)18/h2-8,14H,1H3. The molecule has 0 spiro atoms. The number of hydrogen-bond donors (Lipinski definition) is 1. The van der Waals surface area contributed by atoms with Crippen molar-refractivity contribution in [3.63, 3.8) is 0 Å². The summed E-state index contributed by atoms with van der Waals surface area (Å²) in [4.78, 5) is 20.6. The van der Waals surface area contributed by atoms with Gasteiger partial charge in [-0.3, -0.25) is 20.2 Å². The van der Waals surface area contributed by atoms with E-state index in [-0.39, 0.29) is 17.1 Å². The third-order valence-electron chi connectivity index (χ3n) is 2.76. The van der Waals surface area contributed by atoms with Gasteiger partial charge >= 0.3 is 0 Å². The minimum Gasteiger partial charge on any atom is -0.496 e. The molecule has 2 aromatic rings. The number of rotatable bonds is 5. The van der Waals surface area contributed by atoms with Gasteiger partial charge in [0, 0.05) is 17.8 Å². The highest BCUT2D eigenvalue weighted by molar-refractivity contribution is 5.71. The lowest BCUT2D eigenvalue weighted by Gasteiger charge is -2.08. The molecule has 1 N–H and O–H groups in total. The van der Waals surface area contributed by atoms with Crippen LogP contribution in [0.2, 0.25) is 0 Å². The topological polar surface area (TPSA) is 108 Å². The van der Waals surface area contributed by atoms with Crippen molar-refractivity contribution in [3.8, 4) is 5.75 Å². The Hall–Kier alpha value is -3.16. The lowest BCUT2D eigenvalue weighted by molar-refractivity contribution is -0.384. The molecule has 0 fully saturated rings. The second kappa shape index (κ2) is 5.87. The largest absolute Gasteiger partial charge is 0.496 e. The third kappa shape index (κ3) is 3.24. The normalized spacial score (nSPS) is 9.95. The highest BCUT2D eigenvalue weighted by Crippen LogP contribution is 2.31. The first-order valence-electron chi connectivity index (χ1n) is 5.85. The molecule has 0 unspecified atom stereocenters. The Morgan fingerprint density at radius 3 is 2.19 bits per heavy atom. The van der Waals surface area contributed by atoms with Gasteiger partial charge in [-0.25, -0.2) is 0 Å². The number of non-ortho nitro benzene ring substituents is 1. The second-order valence-electron chi connectivity index (χ2n) is 4.07. The molecule has 0 bridgehead atoms. The van der Waals surface area contributed by atoms with Crippen LogP contribution in [-0.4, -0.2) is 17.0 Å². The number of methoxy groups -OCH3 is 1. The molecule has 2 rings (SSSR count). The van der Waals surface area contributed by atoms with Crippen molar-refractivity contribution < 1.29 is 14.6 Å². The van der Waals surface area contributed by atoms with Gasteiger partial charge in [0.25, 0.3) is 11.4 Å². The fourth-order valence-corrected chi connectivity index (χ4v) is 1.72. The number of nitro groups is 2.